The van der Waals surface area contributed by atoms with Gasteiger partial charge in [0.2, 0.25) is 47.3 Å². The van der Waals surface area contributed by atoms with E-state index in [4.69, 9.17) is 28.0 Å². The zero-order valence-corrected chi connectivity index (χ0v) is 19.4. The Bertz CT molecular complexity index is 939. The number of carbonyl (C=O) groups excluding carboxylic acids is 8. The Morgan fingerprint density at radius 1 is 0.568 bits per heavy atom. The van der Waals surface area contributed by atoms with Crippen LogP contribution in [0.4, 0.5) is 0 Å². The van der Waals surface area contributed by atoms with Crippen molar-refractivity contribution in [2.75, 3.05) is 19.6 Å². The first-order chi connectivity index (χ1) is 17.2. The van der Waals surface area contributed by atoms with E-state index in [1.807, 2.05) is 5.32 Å². The molecule has 14 N–H and O–H groups in total. The van der Waals surface area contributed by atoms with Crippen LogP contribution in [0, 0.1) is 0 Å². The van der Waals surface area contributed by atoms with Crippen molar-refractivity contribution in [3.05, 3.63) is 0 Å². The first kappa shape index (κ1) is 32.2. The van der Waals surface area contributed by atoms with E-state index in [1.54, 1.807) is 0 Å². The van der Waals surface area contributed by atoms with Gasteiger partial charge in [-0.3, -0.25) is 38.4 Å². The lowest BCUT2D eigenvalue weighted by Crippen LogP contribution is -2.55. The van der Waals surface area contributed by atoms with Crippen LogP contribution in [-0.2, 0) is 43.2 Å². The van der Waals surface area contributed by atoms with Crippen LogP contribution in [-0.4, -0.2) is 96.1 Å². The molecule has 0 bridgehead atoms. The minimum atomic E-state index is -1.74. The molecule has 0 rings (SSSR count). The maximum atomic E-state index is 12.3. The highest BCUT2D eigenvalue weighted by atomic mass is 16.4. The molecule has 8 amide bonds. The minimum absolute atomic E-state index is 0.477. The predicted molar refractivity (Wildman–Crippen MR) is 120 cm³/mol. The minimum Gasteiger partial charge on any atom is -0.480 e. The van der Waals surface area contributed by atoms with E-state index in [2.05, 4.69) is 21.3 Å². The number of nitrogens with one attached hydrogen (secondary N) is 5. The first-order valence-electron chi connectivity index (χ1n) is 10.4. The fourth-order valence-corrected chi connectivity index (χ4v) is 2.53. The molecule has 0 aromatic carbocycles. The number of nitrogens with two attached hydrogens (primary N) is 4. The lowest BCUT2D eigenvalue weighted by Gasteiger charge is -2.20. The van der Waals surface area contributed by atoms with Crippen LogP contribution in [0.25, 0.3) is 0 Å². The van der Waals surface area contributed by atoms with Gasteiger partial charge < -0.3 is 54.6 Å². The lowest BCUT2D eigenvalue weighted by atomic mass is 10.1. The van der Waals surface area contributed by atoms with Crippen LogP contribution in [0.2, 0.25) is 0 Å². The van der Waals surface area contributed by atoms with Crippen LogP contribution >= 0.6 is 0 Å². The zero-order valence-electron chi connectivity index (χ0n) is 19.4. The molecule has 0 heterocycles. The second kappa shape index (κ2) is 16.0. The summed E-state index contributed by atoms with van der Waals surface area (Å²) in [5.74, 6) is -9.40. The van der Waals surface area contributed by atoms with Gasteiger partial charge in [0, 0.05) is 0 Å². The molecule has 0 radical (unpaired) electrons. The Hall–Kier alpha value is -4.81. The summed E-state index contributed by atoms with van der Waals surface area (Å²) in [5.41, 5.74) is 20.1. The van der Waals surface area contributed by atoms with Crippen molar-refractivity contribution in [3.8, 4) is 0 Å². The number of rotatable bonds is 17. The molecule has 19 nitrogen and oxygen atoms in total. The van der Waals surface area contributed by atoms with Gasteiger partial charge in [0.1, 0.15) is 18.1 Å². The predicted octanol–water partition coefficient (Wildman–Crippen LogP) is -7.66. The summed E-state index contributed by atoms with van der Waals surface area (Å²) in [5, 5.41) is 19.4. The van der Waals surface area contributed by atoms with Crippen molar-refractivity contribution < 1.29 is 48.3 Å². The summed E-state index contributed by atoms with van der Waals surface area (Å²) in [6.45, 7) is -1.93. The number of carbonyl (C=O) groups is 9. The van der Waals surface area contributed by atoms with Crippen molar-refractivity contribution >= 4 is 53.2 Å². The molecule has 0 aromatic heterocycles. The molecule has 0 aliphatic carbocycles. The fourth-order valence-electron chi connectivity index (χ4n) is 2.53. The Kier molecular flexibility index (Phi) is 13.9. The molecule has 19 heteroatoms. The molecule has 3 atom stereocenters. The molecule has 0 fully saturated rings. The molecule has 0 aromatic rings. The Labute approximate surface area is 208 Å². The summed E-state index contributed by atoms with van der Waals surface area (Å²) in [4.78, 5) is 104. The number of carboxylic acids is 1. The monoisotopic (exact) mass is 531 g/mol. The average Bonchev–Trinajstić information content (AvgIpc) is 2.78. The number of hydrogen-bond acceptors (Lipinski definition) is 10. The van der Waals surface area contributed by atoms with Crippen molar-refractivity contribution in [1.29, 1.82) is 0 Å². The summed E-state index contributed by atoms with van der Waals surface area (Å²) < 4.78 is 0. The summed E-state index contributed by atoms with van der Waals surface area (Å²) in [7, 11) is 0. The molecular formula is C18H29N9O10. The highest BCUT2D eigenvalue weighted by molar-refractivity contribution is 5.96. The summed E-state index contributed by atoms with van der Waals surface area (Å²) in [6, 6.07) is -4.80. The average molecular weight is 531 g/mol. The maximum Gasteiger partial charge on any atom is 0.326 e. The number of primary amides is 3. The van der Waals surface area contributed by atoms with E-state index in [1.165, 1.54) is 0 Å². The third-order valence-electron chi connectivity index (χ3n) is 4.19. The SMILES string of the molecule is NCC(=O)N[C@@H](CC(N)=O)C(=O)NCC(=O)NCC(=O)N[C@@H](CC(N)=O)C(=O)N[C@@H](CC(N)=O)C(=O)O. The van der Waals surface area contributed by atoms with Crippen molar-refractivity contribution in [1.82, 2.24) is 26.6 Å². The molecule has 0 spiro atoms. The highest BCUT2D eigenvalue weighted by Crippen LogP contribution is 1.98. The van der Waals surface area contributed by atoms with Gasteiger partial charge in [0.05, 0.1) is 38.9 Å². The fraction of sp³-hybridized carbons (Fsp3) is 0.500. The van der Waals surface area contributed by atoms with E-state index >= 15 is 0 Å². The van der Waals surface area contributed by atoms with Crippen LogP contribution in [0.5, 0.6) is 0 Å². The summed E-state index contributed by atoms with van der Waals surface area (Å²) >= 11 is 0. The van der Waals surface area contributed by atoms with E-state index in [0.717, 1.165) is 0 Å². The molecule has 0 unspecified atom stereocenters. The molecule has 0 saturated heterocycles. The second-order valence-corrected chi connectivity index (χ2v) is 7.35. The van der Waals surface area contributed by atoms with E-state index in [-0.39, 0.29) is 0 Å². The van der Waals surface area contributed by atoms with E-state index in [0.29, 0.717) is 0 Å². The Morgan fingerprint density at radius 3 is 1.46 bits per heavy atom. The first-order valence-corrected chi connectivity index (χ1v) is 10.4. The van der Waals surface area contributed by atoms with E-state index < -0.39 is 110 Å². The smallest absolute Gasteiger partial charge is 0.326 e. The molecule has 37 heavy (non-hydrogen) atoms. The van der Waals surface area contributed by atoms with Crippen molar-refractivity contribution in [2.45, 2.75) is 37.4 Å². The van der Waals surface area contributed by atoms with E-state index in [9.17, 15) is 43.2 Å². The standard InChI is InChI=1S/C18H29N9O10/c19-4-13(31)25-7(1-10(20)28)16(34)24-5-14(32)23-6-15(33)26-8(2-11(21)29)17(35)27-9(18(36)37)3-12(22)30/h7-9H,1-6,19H2,(H2,20,28)(H2,21,29)(H2,22,30)(H,23,32)(H,24,34)(H,25,31)(H,26,33)(H,27,35)(H,36,37)/t7-,8-,9-/m0/s1. The number of amides is 8. The van der Waals surface area contributed by atoms with Gasteiger partial charge in [-0.05, 0) is 0 Å². The van der Waals surface area contributed by atoms with Gasteiger partial charge in [0.25, 0.3) is 0 Å². The van der Waals surface area contributed by atoms with Crippen LogP contribution < -0.4 is 49.5 Å². The molecule has 0 saturated carbocycles. The van der Waals surface area contributed by atoms with Crippen molar-refractivity contribution in [2.24, 2.45) is 22.9 Å². The zero-order chi connectivity index (χ0) is 28.7. The second-order valence-electron chi connectivity index (χ2n) is 7.35. The van der Waals surface area contributed by atoms with Gasteiger partial charge in [-0.2, -0.15) is 0 Å². The topological polar surface area (TPSA) is 338 Å². The van der Waals surface area contributed by atoms with Gasteiger partial charge >= 0.3 is 5.97 Å². The molecule has 0 aliphatic rings. The van der Waals surface area contributed by atoms with Gasteiger partial charge in [-0.25, -0.2) is 4.79 Å². The quantitative estimate of drug-likeness (QED) is 0.0839. The van der Waals surface area contributed by atoms with Crippen LogP contribution in [0.1, 0.15) is 19.3 Å². The Balaban J connectivity index is 4.93. The normalized spacial score (nSPS) is 12.6. The maximum absolute atomic E-state index is 12.3. The summed E-state index contributed by atoms with van der Waals surface area (Å²) in [6.07, 6.45) is -2.09. The van der Waals surface area contributed by atoms with Gasteiger partial charge in [-0.15, -0.1) is 0 Å². The van der Waals surface area contributed by atoms with Crippen LogP contribution in [0.3, 0.4) is 0 Å². The third kappa shape index (κ3) is 14.2. The van der Waals surface area contributed by atoms with Crippen molar-refractivity contribution in [3.63, 3.8) is 0 Å². The third-order valence-corrected chi connectivity index (χ3v) is 4.19. The molecule has 206 valence electrons. The molecule has 0 aliphatic heterocycles. The van der Waals surface area contributed by atoms with Gasteiger partial charge in [-0.1, -0.05) is 0 Å². The number of aliphatic carboxylic acids is 1. The Morgan fingerprint density at radius 2 is 1.00 bits per heavy atom. The number of carboxylic acid groups (broad SMARTS) is 1. The lowest BCUT2D eigenvalue weighted by molar-refractivity contribution is -0.143. The van der Waals surface area contributed by atoms with Crippen LogP contribution in [0.15, 0.2) is 0 Å². The number of hydrogen-bond donors (Lipinski definition) is 10. The van der Waals surface area contributed by atoms with Gasteiger partial charge in [0.15, 0.2) is 0 Å². The highest BCUT2D eigenvalue weighted by Gasteiger charge is 2.29. The molecular weight excluding hydrogens is 502 g/mol. The largest absolute Gasteiger partial charge is 0.480 e.